The molecule has 0 bridgehead atoms. The Balaban J connectivity index is 0. The van der Waals surface area contributed by atoms with Crippen LogP contribution in [-0.2, 0) is 9.59 Å². The van der Waals surface area contributed by atoms with E-state index in [4.69, 9.17) is 21.4 Å². The van der Waals surface area contributed by atoms with Gasteiger partial charge in [0.05, 0.1) is 18.7 Å². The molecule has 14 heavy (non-hydrogen) atoms. The van der Waals surface area contributed by atoms with Crippen molar-refractivity contribution in [2.24, 2.45) is 11.7 Å². The minimum Gasteiger partial charge on any atom is -0.481 e. The van der Waals surface area contributed by atoms with Crippen LogP contribution in [0.2, 0.25) is 0 Å². The van der Waals surface area contributed by atoms with Crippen molar-refractivity contribution in [2.45, 2.75) is 26.7 Å². The van der Waals surface area contributed by atoms with Gasteiger partial charge in [-0.2, -0.15) is 0 Å². The van der Waals surface area contributed by atoms with Gasteiger partial charge in [0.15, 0.2) is 0 Å². The Kier molecular flexibility index (Phi) is 8.55. The summed E-state index contributed by atoms with van der Waals surface area (Å²) in [5.41, 5.74) is 5.02. The van der Waals surface area contributed by atoms with Crippen LogP contribution in [0.4, 0.5) is 0 Å². The number of amidine groups is 1. The van der Waals surface area contributed by atoms with Crippen molar-refractivity contribution in [1.82, 2.24) is 0 Å². The molecule has 82 valence electrons. The molecule has 6 nitrogen and oxygen atoms in total. The number of carbonyl (C=O) groups is 2. The van der Waals surface area contributed by atoms with Crippen molar-refractivity contribution in [3.05, 3.63) is 0 Å². The number of rotatable bonds is 4. The van der Waals surface area contributed by atoms with Gasteiger partial charge in [-0.3, -0.25) is 15.0 Å². The lowest BCUT2D eigenvalue weighted by Crippen LogP contribution is -2.16. The number of hydrogen-bond donors (Lipinski definition) is 4. The Labute approximate surface area is 82.2 Å². The molecule has 0 aliphatic carbocycles. The van der Waals surface area contributed by atoms with Crippen LogP contribution in [0.3, 0.4) is 0 Å². The Morgan fingerprint density at radius 3 is 1.50 bits per heavy atom. The van der Waals surface area contributed by atoms with E-state index in [2.05, 4.69) is 0 Å². The molecule has 6 heteroatoms. The van der Waals surface area contributed by atoms with E-state index >= 15 is 0 Å². The molecular weight excluding hydrogens is 188 g/mol. The van der Waals surface area contributed by atoms with Crippen LogP contribution < -0.4 is 5.73 Å². The molecule has 0 spiro atoms. The number of nitrogens with two attached hydrogens (primary N) is 1. The molecule has 0 fully saturated rings. The predicted molar refractivity (Wildman–Crippen MR) is 51.3 cm³/mol. The molecule has 0 rings (SSSR count). The Bertz CT molecular complexity index is 199. The van der Waals surface area contributed by atoms with E-state index in [1.54, 1.807) is 0 Å². The fourth-order valence-corrected chi connectivity index (χ4v) is 0.214. The first-order chi connectivity index (χ1) is 6.27. The molecule has 0 aliphatic heterocycles. The summed E-state index contributed by atoms with van der Waals surface area (Å²) in [6, 6.07) is 0. The van der Waals surface area contributed by atoms with Crippen molar-refractivity contribution in [1.29, 1.82) is 5.41 Å². The molecular formula is C8H16N2O4. The third-order valence-electron chi connectivity index (χ3n) is 1.17. The molecule has 0 radical (unpaired) electrons. The maximum absolute atomic E-state index is 9.64. The lowest BCUT2D eigenvalue weighted by atomic mass is 10.2. The first-order valence-electron chi connectivity index (χ1n) is 4.04. The molecule has 0 heterocycles. The predicted octanol–water partition coefficient (Wildman–Crippen LogP) is 0.514. The smallest absolute Gasteiger partial charge is 0.303 e. The summed E-state index contributed by atoms with van der Waals surface area (Å²) in [5.74, 6) is -1.68. The summed E-state index contributed by atoms with van der Waals surface area (Å²) in [7, 11) is 0. The lowest BCUT2D eigenvalue weighted by Gasteiger charge is -1.95. The fraction of sp³-hybridized carbons (Fsp3) is 0.625. The van der Waals surface area contributed by atoms with E-state index in [1.807, 2.05) is 13.8 Å². The van der Waals surface area contributed by atoms with E-state index in [9.17, 15) is 9.59 Å². The Morgan fingerprint density at radius 2 is 1.43 bits per heavy atom. The molecule has 5 N–H and O–H groups in total. The molecule has 0 aromatic rings. The molecule has 0 aromatic heterocycles. The monoisotopic (exact) mass is 204 g/mol. The van der Waals surface area contributed by atoms with Crippen LogP contribution in [0.15, 0.2) is 0 Å². The van der Waals surface area contributed by atoms with E-state index < -0.39 is 11.9 Å². The summed E-state index contributed by atoms with van der Waals surface area (Å²) in [4.78, 5) is 19.3. The van der Waals surface area contributed by atoms with Crippen LogP contribution in [0, 0.1) is 11.3 Å². The average molecular weight is 204 g/mol. The molecule has 0 aromatic carbocycles. The fourth-order valence-electron chi connectivity index (χ4n) is 0.214. The van der Waals surface area contributed by atoms with Crippen molar-refractivity contribution < 1.29 is 19.8 Å². The zero-order chi connectivity index (χ0) is 11.7. The summed E-state index contributed by atoms with van der Waals surface area (Å²) >= 11 is 0. The number of carboxylic acids is 2. The Morgan fingerprint density at radius 1 is 1.21 bits per heavy atom. The van der Waals surface area contributed by atoms with Crippen molar-refractivity contribution in [3.8, 4) is 0 Å². The second-order valence-corrected chi connectivity index (χ2v) is 2.90. The molecule has 0 saturated carbocycles. The van der Waals surface area contributed by atoms with Crippen LogP contribution in [0.25, 0.3) is 0 Å². The van der Waals surface area contributed by atoms with Gasteiger partial charge in [0.25, 0.3) is 0 Å². The second-order valence-electron chi connectivity index (χ2n) is 2.90. The van der Waals surface area contributed by atoms with E-state index in [0.717, 1.165) is 0 Å². The highest BCUT2D eigenvalue weighted by Gasteiger charge is 2.00. The Hall–Kier alpha value is -1.59. The normalized spacial score (nSPS) is 8.79. The van der Waals surface area contributed by atoms with Gasteiger partial charge >= 0.3 is 11.9 Å². The molecule has 0 saturated heterocycles. The molecule has 0 aliphatic rings. The van der Waals surface area contributed by atoms with Crippen LogP contribution >= 0.6 is 0 Å². The largest absolute Gasteiger partial charge is 0.481 e. The van der Waals surface area contributed by atoms with Crippen LogP contribution in [0.1, 0.15) is 26.7 Å². The molecule has 0 amide bonds. The third-order valence-corrected chi connectivity index (χ3v) is 1.17. The van der Waals surface area contributed by atoms with Crippen LogP contribution in [-0.4, -0.2) is 28.0 Å². The van der Waals surface area contributed by atoms with E-state index in [-0.39, 0.29) is 24.6 Å². The highest BCUT2D eigenvalue weighted by molar-refractivity contribution is 5.78. The third kappa shape index (κ3) is 16.8. The van der Waals surface area contributed by atoms with Gasteiger partial charge in [-0.25, -0.2) is 0 Å². The standard InChI is InChI=1S/C4H10N2.C4H6O4/c1-3(2)4(5)6;5-3(6)1-2-4(7)8/h3H,1-2H3,(H3,5,6);1-2H2,(H,5,6)(H,7,8). The first kappa shape index (κ1) is 14.9. The average Bonchev–Trinajstić information content (AvgIpc) is 2.01. The van der Waals surface area contributed by atoms with Gasteiger partial charge in [0.1, 0.15) is 0 Å². The van der Waals surface area contributed by atoms with Crippen molar-refractivity contribution in [3.63, 3.8) is 0 Å². The minimum atomic E-state index is -1.08. The molecule has 0 atom stereocenters. The first-order valence-corrected chi connectivity index (χ1v) is 4.04. The maximum atomic E-state index is 9.64. The zero-order valence-corrected chi connectivity index (χ0v) is 8.28. The lowest BCUT2D eigenvalue weighted by molar-refractivity contribution is -0.143. The van der Waals surface area contributed by atoms with Gasteiger partial charge in [0.2, 0.25) is 0 Å². The number of carboxylic acid groups (broad SMARTS) is 2. The highest BCUT2D eigenvalue weighted by atomic mass is 16.4. The highest BCUT2D eigenvalue weighted by Crippen LogP contribution is 1.86. The van der Waals surface area contributed by atoms with Gasteiger partial charge in [-0.15, -0.1) is 0 Å². The number of aliphatic carboxylic acids is 2. The van der Waals surface area contributed by atoms with E-state index in [0.29, 0.717) is 0 Å². The SMILES string of the molecule is CC(C)C(=N)N.O=C(O)CCC(=O)O. The van der Waals surface area contributed by atoms with Gasteiger partial charge in [-0.1, -0.05) is 13.8 Å². The second kappa shape index (κ2) is 8.03. The van der Waals surface area contributed by atoms with Gasteiger partial charge < -0.3 is 15.9 Å². The van der Waals surface area contributed by atoms with Gasteiger partial charge in [-0.05, 0) is 0 Å². The van der Waals surface area contributed by atoms with Crippen LogP contribution in [0.5, 0.6) is 0 Å². The van der Waals surface area contributed by atoms with Crippen molar-refractivity contribution in [2.75, 3.05) is 0 Å². The zero-order valence-electron chi connectivity index (χ0n) is 8.28. The number of hydrogen-bond acceptors (Lipinski definition) is 3. The van der Waals surface area contributed by atoms with Gasteiger partial charge in [0, 0.05) is 5.92 Å². The minimum absolute atomic E-state index is 0.213. The topological polar surface area (TPSA) is 124 Å². The quantitative estimate of drug-likeness (QED) is 0.392. The van der Waals surface area contributed by atoms with E-state index in [1.165, 1.54) is 0 Å². The summed E-state index contributed by atoms with van der Waals surface area (Å²) in [6.45, 7) is 3.78. The molecule has 0 unspecified atom stereocenters. The van der Waals surface area contributed by atoms with Crippen molar-refractivity contribution >= 4 is 17.8 Å². The summed E-state index contributed by atoms with van der Waals surface area (Å²) in [5, 5.41) is 22.5. The summed E-state index contributed by atoms with van der Waals surface area (Å²) < 4.78 is 0. The summed E-state index contributed by atoms with van der Waals surface area (Å²) in [6.07, 6.45) is -0.593. The number of nitrogens with one attached hydrogen (secondary N) is 1. The maximum Gasteiger partial charge on any atom is 0.303 e.